The van der Waals surface area contributed by atoms with Gasteiger partial charge in [-0.3, -0.25) is 18.7 Å². The maximum atomic E-state index is 13.4. The number of rotatable bonds is 7. The average Bonchev–Trinajstić information content (AvgIpc) is 3.30. The molecule has 0 saturated carbocycles. The number of carbonyl (C=O) groups excluding carboxylic acids is 1. The number of amides is 1. The highest BCUT2D eigenvalue weighted by Gasteiger charge is 2.18. The maximum Gasteiger partial charge on any atom is 0.332 e. The van der Waals surface area contributed by atoms with Crippen LogP contribution in [0.5, 0.6) is 5.75 Å². The van der Waals surface area contributed by atoms with Gasteiger partial charge in [0.25, 0.3) is 5.56 Å². The summed E-state index contributed by atoms with van der Waals surface area (Å²) < 4.78 is 8.32. The first-order valence-corrected chi connectivity index (χ1v) is 11.5. The maximum absolute atomic E-state index is 13.4. The zero-order chi connectivity index (χ0) is 23.5. The minimum Gasteiger partial charge on any atom is -0.496 e. The molecule has 8 heteroatoms. The van der Waals surface area contributed by atoms with Crippen LogP contribution >= 0.6 is 11.3 Å². The first-order valence-electron chi connectivity index (χ1n) is 10.6. The van der Waals surface area contributed by atoms with Crippen molar-refractivity contribution in [2.75, 3.05) is 12.4 Å². The predicted molar refractivity (Wildman–Crippen MR) is 132 cm³/mol. The van der Waals surface area contributed by atoms with Gasteiger partial charge in [0.2, 0.25) is 5.91 Å². The van der Waals surface area contributed by atoms with E-state index in [-0.39, 0.29) is 30.5 Å². The first-order chi connectivity index (χ1) is 15.9. The summed E-state index contributed by atoms with van der Waals surface area (Å²) in [7, 11) is 1.54. The normalized spacial score (nSPS) is 11.2. The number of nitrogens with zero attached hydrogens (tertiary/aromatic N) is 2. The number of fused-ring (bicyclic) bond motifs is 1. The fourth-order valence-corrected chi connectivity index (χ4v) is 4.72. The lowest BCUT2D eigenvalue weighted by molar-refractivity contribution is -0.116. The van der Waals surface area contributed by atoms with Crippen LogP contribution in [0.15, 0.2) is 69.6 Å². The minimum atomic E-state index is -0.538. The Bertz CT molecular complexity index is 1430. The molecule has 0 spiro atoms. The van der Waals surface area contributed by atoms with Crippen LogP contribution in [-0.4, -0.2) is 22.2 Å². The molecule has 0 atom stereocenters. The molecule has 2 aromatic carbocycles. The standard InChI is InChI=1S/C25H25N3O4S/c1-16(2)18-9-5-6-10-19(18)26-22(29)15-27-20-12-13-33-23(20)24(30)28(25(27)31)14-17-8-4-7-11-21(17)32-3/h4-13,16H,14-15H2,1-3H3,(H,26,29). The van der Waals surface area contributed by atoms with Gasteiger partial charge in [0.1, 0.15) is 17.0 Å². The third-order valence-electron chi connectivity index (χ3n) is 5.52. The number of thiophene rings is 1. The van der Waals surface area contributed by atoms with E-state index in [0.717, 1.165) is 15.8 Å². The van der Waals surface area contributed by atoms with Crippen molar-refractivity contribution in [2.45, 2.75) is 32.9 Å². The third kappa shape index (κ3) is 4.47. The molecular weight excluding hydrogens is 438 g/mol. The van der Waals surface area contributed by atoms with Crippen LogP contribution in [0.2, 0.25) is 0 Å². The molecule has 0 bridgehead atoms. The Morgan fingerprint density at radius 3 is 2.52 bits per heavy atom. The van der Waals surface area contributed by atoms with Gasteiger partial charge in [-0.25, -0.2) is 4.79 Å². The van der Waals surface area contributed by atoms with Crippen LogP contribution in [0.4, 0.5) is 5.69 Å². The van der Waals surface area contributed by atoms with E-state index in [2.05, 4.69) is 19.2 Å². The Labute approximate surface area is 194 Å². The summed E-state index contributed by atoms with van der Waals surface area (Å²) in [5, 5.41) is 4.68. The minimum absolute atomic E-state index is 0.0489. The van der Waals surface area contributed by atoms with Gasteiger partial charge in [0.15, 0.2) is 0 Å². The molecule has 0 aliphatic carbocycles. The van der Waals surface area contributed by atoms with Crippen LogP contribution in [-0.2, 0) is 17.9 Å². The molecule has 0 fully saturated rings. The molecule has 7 nitrogen and oxygen atoms in total. The summed E-state index contributed by atoms with van der Waals surface area (Å²) in [5.74, 6) is 0.486. The van der Waals surface area contributed by atoms with E-state index >= 15 is 0 Å². The molecule has 4 rings (SSSR count). The lowest BCUT2D eigenvalue weighted by Crippen LogP contribution is -2.41. The summed E-state index contributed by atoms with van der Waals surface area (Å²) in [5.41, 5.74) is 1.98. The van der Waals surface area contributed by atoms with Crippen LogP contribution in [0.1, 0.15) is 30.9 Å². The van der Waals surface area contributed by atoms with Crippen LogP contribution < -0.4 is 21.3 Å². The number of ether oxygens (including phenoxy) is 1. The number of benzene rings is 2. The Balaban J connectivity index is 1.73. The van der Waals surface area contributed by atoms with Crippen molar-refractivity contribution < 1.29 is 9.53 Å². The number of hydrogen-bond acceptors (Lipinski definition) is 5. The molecule has 33 heavy (non-hydrogen) atoms. The second-order valence-corrected chi connectivity index (χ2v) is 8.91. The molecule has 1 amide bonds. The van der Waals surface area contributed by atoms with Crippen molar-refractivity contribution in [3.63, 3.8) is 0 Å². The van der Waals surface area contributed by atoms with Crippen LogP contribution in [0, 0.1) is 0 Å². The smallest absolute Gasteiger partial charge is 0.332 e. The van der Waals surface area contributed by atoms with Crippen molar-refractivity contribution in [1.82, 2.24) is 9.13 Å². The van der Waals surface area contributed by atoms with E-state index < -0.39 is 5.69 Å². The summed E-state index contributed by atoms with van der Waals surface area (Å²) in [6.07, 6.45) is 0. The fourth-order valence-electron chi connectivity index (χ4n) is 3.88. The molecular formula is C25H25N3O4S. The molecule has 2 aromatic heterocycles. The second kappa shape index (κ2) is 9.46. The number of hydrogen-bond donors (Lipinski definition) is 1. The first kappa shape index (κ1) is 22.5. The Hall–Kier alpha value is -3.65. The molecule has 0 radical (unpaired) electrons. The van der Waals surface area contributed by atoms with Gasteiger partial charge in [-0.15, -0.1) is 11.3 Å². The highest BCUT2D eigenvalue weighted by molar-refractivity contribution is 7.17. The Morgan fingerprint density at radius 2 is 1.76 bits per heavy atom. The van der Waals surface area contributed by atoms with Crippen molar-refractivity contribution in [3.05, 3.63) is 91.9 Å². The van der Waals surface area contributed by atoms with Gasteiger partial charge >= 0.3 is 5.69 Å². The Kier molecular flexibility index (Phi) is 6.46. The number of para-hydroxylation sites is 2. The molecule has 0 aliphatic rings. The summed E-state index contributed by atoms with van der Waals surface area (Å²) in [6.45, 7) is 3.95. The van der Waals surface area contributed by atoms with Gasteiger partial charge in [-0.05, 0) is 35.1 Å². The van der Waals surface area contributed by atoms with Crippen molar-refractivity contribution in [3.8, 4) is 5.75 Å². The number of carbonyl (C=O) groups is 1. The van der Waals surface area contributed by atoms with Gasteiger partial charge in [0, 0.05) is 11.3 Å². The van der Waals surface area contributed by atoms with Crippen molar-refractivity contribution in [1.29, 1.82) is 0 Å². The largest absolute Gasteiger partial charge is 0.496 e. The molecule has 0 saturated heterocycles. The zero-order valence-electron chi connectivity index (χ0n) is 18.7. The van der Waals surface area contributed by atoms with E-state index in [9.17, 15) is 14.4 Å². The topological polar surface area (TPSA) is 82.3 Å². The fraction of sp³-hybridized carbons (Fsp3) is 0.240. The number of aromatic nitrogens is 2. The lowest BCUT2D eigenvalue weighted by Gasteiger charge is -2.16. The summed E-state index contributed by atoms with van der Waals surface area (Å²) >= 11 is 1.25. The third-order valence-corrected chi connectivity index (χ3v) is 6.41. The van der Waals surface area contributed by atoms with Crippen LogP contribution in [0.3, 0.4) is 0 Å². The monoisotopic (exact) mass is 463 g/mol. The molecule has 1 N–H and O–H groups in total. The van der Waals surface area contributed by atoms with E-state index in [0.29, 0.717) is 21.5 Å². The zero-order valence-corrected chi connectivity index (χ0v) is 19.5. The molecule has 0 unspecified atom stereocenters. The Morgan fingerprint density at radius 1 is 1.03 bits per heavy atom. The van der Waals surface area contributed by atoms with Crippen molar-refractivity contribution in [2.24, 2.45) is 0 Å². The van der Waals surface area contributed by atoms with Gasteiger partial charge < -0.3 is 10.1 Å². The van der Waals surface area contributed by atoms with Gasteiger partial charge in [-0.2, -0.15) is 0 Å². The highest BCUT2D eigenvalue weighted by atomic mass is 32.1. The quantitative estimate of drug-likeness (QED) is 0.448. The SMILES string of the molecule is COc1ccccc1Cn1c(=O)c2sccc2n(CC(=O)Nc2ccccc2C(C)C)c1=O. The molecule has 4 aromatic rings. The van der Waals surface area contributed by atoms with Crippen molar-refractivity contribution >= 4 is 33.1 Å². The van der Waals surface area contributed by atoms with E-state index in [1.165, 1.54) is 15.9 Å². The second-order valence-electron chi connectivity index (χ2n) is 8.00. The highest BCUT2D eigenvalue weighted by Crippen LogP contribution is 2.24. The van der Waals surface area contributed by atoms with Gasteiger partial charge in [0.05, 0.1) is 19.2 Å². The number of methoxy groups -OCH3 is 1. The van der Waals surface area contributed by atoms with E-state index in [1.54, 1.807) is 24.6 Å². The molecule has 0 aliphatic heterocycles. The molecule has 170 valence electrons. The average molecular weight is 464 g/mol. The lowest BCUT2D eigenvalue weighted by atomic mass is 10.0. The van der Waals surface area contributed by atoms with E-state index in [1.807, 2.05) is 42.5 Å². The van der Waals surface area contributed by atoms with E-state index in [4.69, 9.17) is 4.74 Å². The molecule has 2 heterocycles. The summed E-state index contributed by atoms with van der Waals surface area (Å²) in [4.78, 5) is 39.4. The predicted octanol–water partition coefficient (Wildman–Crippen LogP) is 4.04. The summed E-state index contributed by atoms with van der Waals surface area (Å²) in [6, 6.07) is 16.5. The number of nitrogens with one attached hydrogen (secondary N) is 1. The van der Waals surface area contributed by atoms with Crippen LogP contribution in [0.25, 0.3) is 10.2 Å². The van der Waals surface area contributed by atoms with Gasteiger partial charge in [-0.1, -0.05) is 50.2 Å². The number of anilines is 1.